The van der Waals surface area contributed by atoms with Gasteiger partial charge in [-0.1, -0.05) is 59.4 Å². The second kappa shape index (κ2) is 10.9. The summed E-state index contributed by atoms with van der Waals surface area (Å²) in [5.41, 5.74) is 5.78. The van der Waals surface area contributed by atoms with Gasteiger partial charge in [-0.15, -0.1) is 0 Å². The van der Waals surface area contributed by atoms with Gasteiger partial charge in [-0.2, -0.15) is 19.7 Å². The van der Waals surface area contributed by atoms with Gasteiger partial charge < -0.3 is 4.74 Å². The molecule has 41 heavy (non-hydrogen) atoms. The van der Waals surface area contributed by atoms with Gasteiger partial charge in [0.15, 0.2) is 0 Å². The first-order valence-corrected chi connectivity index (χ1v) is 14.1. The molecule has 0 saturated heterocycles. The summed E-state index contributed by atoms with van der Waals surface area (Å²) in [5, 5.41) is 9.30. The predicted octanol–water partition coefficient (Wildman–Crippen LogP) is 4.52. The van der Waals surface area contributed by atoms with Crippen molar-refractivity contribution in [3.63, 3.8) is 0 Å². The maximum absolute atomic E-state index is 13.5. The Kier molecular flexibility index (Phi) is 7.03. The molecule has 6 aromatic rings. The molecule has 3 aromatic heterocycles. The third-order valence-electron chi connectivity index (χ3n) is 6.74. The highest BCUT2D eigenvalue weighted by Crippen LogP contribution is 2.29. The van der Waals surface area contributed by atoms with E-state index < -0.39 is 5.56 Å². The lowest BCUT2D eigenvalue weighted by molar-refractivity contribution is 0.338. The van der Waals surface area contributed by atoms with Gasteiger partial charge in [0.25, 0.3) is 11.1 Å². The van der Waals surface area contributed by atoms with Gasteiger partial charge in [-0.25, -0.2) is 4.68 Å². The van der Waals surface area contributed by atoms with Crippen molar-refractivity contribution in [3.05, 3.63) is 132 Å². The van der Waals surface area contributed by atoms with Gasteiger partial charge in [0.1, 0.15) is 17.1 Å². The largest absolute Gasteiger partial charge is 0.494 e. The zero-order chi connectivity index (χ0) is 28.5. The molecule has 6 rings (SSSR count). The van der Waals surface area contributed by atoms with Gasteiger partial charge in [-0.3, -0.25) is 9.59 Å². The molecule has 0 fully saturated rings. The fourth-order valence-electron chi connectivity index (χ4n) is 4.64. The van der Waals surface area contributed by atoms with Crippen molar-refractivity contribution in [1.29, 1.82) is 0 Å². The Morgan fingerprint density at radius 1 is 0.951 bits per heavy atom. The van der Waals surface area contributed by atoms with Crippen LogP contribution >= 0.6 is 11.3 Å². The van der Waals surface area contributed by atoms with Gasteiger partial charge in [0.2, 0.25) is 4.96 Å². The number of aromatic nitrogens is 5. The van der Waals surface area contributed by atoms with E-state index in [1.165, 1.54) is 4.52 Å². The molecule has 0 N–H and O–H groups in total. The molecule has 0 unspecified atom stereocenters. The van der Waals surface area contributed by atoms with Crippen LogP contribution in [0.25, 0.3) is 28.0 Å². The lowest BCUT2D eigenvalue weighted by Gasteiger charge is -2.08. The first-order valence-electron chi connectivity index (χ1n) is 13.3. The summed E-state index contributed by atoms with van der Waals surface area (Å²) in [6, 6.07) is 23.6. The van der Waals surface area contributed by atoms with Crippen LogP contribution in [0.15, 0.2) is 88.6 Å². The minimum atomic E-state index is -0.430. The van der Waals surface area contributed by atoms with E-state index in [9.17, 15) is 9.59 Å². The number of hydrogen-bond donors (Lipinski definition) is 0. The summed E-state index contributed by atoms with van der Waals surface area (Å²) in [6.45, 7) is 6.54. The smallest absolute Gasteiger partial charge is 0.296 e. The van der Waals surface area contributed by atoms with E-state index in [-0.39, 0.29) is 16.2 Å². The summed E-state index contributed by atoms with van der Waals surface area (Å²) in [6.07, 6.45) is 3.99. The zero-order valence-corrected chi connectivity index (χ0v) is 23.7. The lowest BCUT2D eigenvalue weighted by Crippen LogP contribution is -2.28. The number of ether oxygens (including phenoxy) is 1. The van der Waals surface area contributed by atoms with Crippen molar-refractivity contribution in [2.75, 3.05) is 6.61 Å². The molecule has 3 heterocycles. The Bertz CT molecular complexity index is 2040. The molecule has 0 spiro atoms. The molecule has 0 aliphatic carbocycles. The molecule has 0 saturated carbocycles. The van der Waals surface area contributed by atoms with E-state index in [2.05, 4.69) is 10.1 Å². The third kappa shape index (κ3) is 5.31. The number of aryl methyl sites for hydroxylation is 2. The van der Waals surface area contributed by atoms with Gasteiger partial charge in [0.05, 0.1) is 16.8 Å². The quantitative estimate of drug-likeness (QED) is 0.285. The average molecular weight is 562 g/mol. The van der Waals surface area contributed by atoms with Crippen LogP contribution in [0, 0.1) is 13.8 Å². The lowest BCUT2D eigenvalue weighted by atomic mass is 10.0. The predicted molar refractivity (Wildman–Crippen MR) is 161 cm³/mol. The molecular weight excluding hydrogens is 534 g/mol. The van der Waals surface area contributed by atoms with Crippen LogP contribution in [-0.4, -0.2) is 31.0 Å². The Hall–Kier alpha value is -4.89. The minimum absolute atomic E-state index is 0.232. The number of thiazole rings is 1. The molecule has 0 radical (unpaired) electrons. The van der Waals surface area contributed by atoms with Crippen molar-refractivity contribution in [3.8, 4) is 22.7 Å². The molecular formula is C32H27N5O3S. The SMILES string of the molecule is CCOc1ccc(-c2nn(-c3ccccc3)cc2C=c2sc3nc(=O)c(Cc4ccc(C)cc4)nn3c2=O)cc1C. The molecule has 204 valence electrons. The molecule has 8 nitrogen and oxygen atoms in total. The van der Waals surface area contributed by atoms with E-state index in [4.69, 9.17) is 9.84 Å². The highest BCUT2D eigenvalue weighted by atomic mass is 32.1. The second-order valence-corrected chi connectivity index (χ2v) is 10.8. The molecule has 9 heteroatoms. The molecule has 0 amide bonds. The fourth-order valence-corrected chi connectivity index (χ4v) is 5.53. The number of rotatable bonds is 7. The van der Waals surface area contributed by atoms with Crippen LogP contribution in [0.3, 0.4) is 0 Å². The van der Waals surface area contributed by atoms with Crippen LogP contribution in [0.2, 0.25) is 0 Å². The van der Waals surface area contributed by atoms with E-state index >= 15 is 0 Å². The first-order chi connectivity index (χ1) is 19.9. The minimum Gasteiger partial charge on any atom is -0.494 e. The standard InChI is InChI=1S/C32H27N5O3S/c1-4-40-27-15-14-23(16-21(27)3)29-24(19-36(35-29)25-8-6-5-7-9-25)18-28-31(39)37-32(41-28)33-30(38)26(34-37)17-22-12-10-20(2)11-13-22/h5-16,18-19H,4,17H2,1-3H3. The van der Waals surface area contributed by atoms with Crippen molar-refractivity contribution in [1.82, 2.24) is 24.4 Å². The van der Waals surface area contributed by atoms with Gasteiger partial charge >= 0.3 is 0 Å². The Balaban J connectivity index is 1.47. The summed E-state index contributed by atoms with van der Waals surface area (Å²) in [4.78, 5) is 30.7. The number of hydrogen-bond acceptors (Lipinski definition) is 7. The molecule has 0 bridgehead atoms. The van der Waals surface area contributed by atoms with Crippen LogP contribution in [0.5, 0.6) is 5.75 Å². The van der Waals surface area contributed by atoms with Crippen LogP contribution < -0.4 is 20.4 Å². The number of benzene rings is 3. The summed E-state index contributed by atoms with van der Waals surface area (Å²) in [7, 11) is 0. The van der Waals surface area contributed by atoms with E-state index in [1.54, 1.807) is 10.8 Å². The second-order valence-electron chi connectivity index (χ2n) is 9.76. The van der Waals surface area contributed by atoms with Crippen LogP contribution in [0.4, 0.5) is 0 Å². The normalized spacial score (nSPS) is 11.8. The van der Waals surface area contributed by atoms with Crippen LogP contribution in [-0.2, 0) is 6.42 Å². The summed E-state index contributed by atoms with van der Waals surface area (Å²) < 4.78 is 9.16. The molecule has 0 aliphatic heterocycles. The Morgan fingerprint density at radius 3 is 2.46 bits per heavy atom. The Labute approximate surface area is 239 Å². The van der Waals surface area contributed by atoms with Crippen molar-refractivity contribution in [2.45, 2.75) is 27.2 Å². The molecule has 3 aromatic carbocycles. The average Bonchev–Trinajstić information content (AvgIpc) is 3.52. The summed E-state index contributed by atoms with van der Waals surface area (Å²) in [5.74, 6) is 0.819. The van der Waals surface area contributed by atoms with Crippen LogP contribution in [0.1, 0.15) is 34.9 Å². The third-order valence-corrected chi connectivity index (χ3v) is 7.70. The number of fused-ring (bicyclic) bond motifs is 1. The fraction of sp³-hybridized carbons (Fsp3) is 0.156. The highest BCUT2D eigenvalue weighted by Gasteiger charge is 2.16. The molecule has 0 aliphatic rings. The molecule has 0 atom stereocenters. The Morgan fingerprint density at radius 2 is 1.73 bits per heavy atom. The zero-order valence-electron chi connectivity index (χ0n) is 22.9. The van der Waals surface area contributed by atoms with Gasteiger partial charge in [0, 0.05) is 23.7 Å². The van der Waals surface area contributed by atoms with Gasteiger partial charge in [-0.05, 0) is 68.3 Å². The first kappa shape index (κ1) is 26.3. The number of para-hydroxylation sites is 1. The van der Waals surface area contributed by atoms with Crippen molar-refractivity contribution in [2.24, 2.45) is 0 Å². The maximum atomic E-state index is 13.5. The number of nitrogens with zero attached hydrogens (tertiary/aromatic N) is 5. The van der Waals surface area contributed by atoms with Crippen molar-refractivity contribution < 1.29 is 4.74 Å². The van der Waals surface area contributed by atoms with E-state index in [1.807, 2.05) is 99.8 Å². The highest BCUT2D eigenvalue weighted by molar-refractivity contribution is 7.15. The maximum Gasteiger partial charge on any atom is 0.296 e. The topological polar surface area (TPSA) is 91.4 Å². The van der Waals surface area contributed by atoms with E-state index in [0.717, 1.165) is 50.6 Å². The van der Waals surface area contributed by atoms with E-state index in [0.29, 0.717) is 23.3 Å². The monoisotopic (exact) mass is 561 g/mol. The summed E-state index contributed by atoms with van der Waals surface area (Å²) >= 11 is 1.14. The van der Waals surface area contributed by atoms with Crippen molar-refractivity contribution >= 4 is 22.4 Å².